The van der Waals surface area contributed by atoms with Crippen molar-refractivity contribution in [2.24, 2.45) is 0 Å². The Morgan fingerprint density at radius 2 is 1.95 bits per heavy atom. The molecule has 0 saturated carbocycles. The Morgan fingerprint density at radius 1 is 1.14 bits per heavy atom. The van der Waals surface area contributed by atoms with Gasteiger partial charge in [0, 0.05) is 17.3 Å². The van der Waals surface area contributed by atoms with E-state index in [0.717, 1.165) is 18.5 Å². The zero-order valence-corrected chi connectivity index (χ0v) is 13.2. The van der Waals surface area contributed by atoms with Gasteiger partial charge in [-0.2, -0.15) is 0 Å². The van der Waals surface area contributed by atoms with Crippen molar-refractivity contribution in [2.75, 3.05) is 11.4 Å². The molecule has 2 aromatic rings. The Balaban J connectivity index is 2.00. The summed E-state index contributed by atoms with van der Waals surface area (Å²) in [5, 5.41) is 0.929. The number of aryl methyl sites for hydroxylation is 2. The van der Waals surface area contributed by atoms with E-state index in [1.54, 1.807) is 18.2 Å². The summed E-state index contributed by atoms with van der Waals surface area (Å²) >= 11 is 12.1. The lowest BCUT2D eigenvalue weighted by Crippen LogP contribution is -2.35. The maximum absolute atomic E-state index is 12.8. The third-order valence-electron chi connectivity index (χ3n) is 3.76. The summed E-state index contributed by atoms with van der Waals surface area (Å²) in [4.78, 5) is 14.6. The molecule has 0 aromatic heterocycles. The smallest absolute Gasteiger partial charge is 0.259 e. The van der Waals surface area contributed by atoms with E-state index in [1.165, 1.54) is 11.1 Å². The van der Waals surface area contributed by atoms with Gasteiger partial charge in [0.25, 0.3) is 5.91 Å². The van der Waals surface area contributed by atoms with Crippen LogP contribution in [0.4, 0.5) is 5.69 Å². The molecule has 3 rings (SSSR count). The molecule has 2 nitrogen and oxygen atoms in total. The Morgan fingerprint density at radius 3 is 2.71 bits per heavy atom. The number of carbonyl (C=O) groups excluding carboxylic acids is 1. The average Bonchev–Trinajstić information content (AvgIpc) is 2.45. The second-order valence-electron chi connectivity index (χ2n) is 5.32. The average molecular weight is 320 g/mol. The fourth-order valence-corrected chi connectivity index (χ4v) is 3.23. The van der Waals surface area contributed by atoms with Crippen LogP contribution in [0, 0.1) is 6.92 Å². The standard InChI is InChI=1S/C17H15Cl2NO/c1-11-4-7-16-12(9-11)3-2-8-20(16)17(21)14-6-5-13(18)10-15(14)19/h4-7,9-10H,2-3,8H2,1H3. The van der Waals surface area contributed by atoms with Crippen LogP contribution in [0.25, 0.3) is 0 Å². The van der Waals surface area contributed by atoms with Crippen LogP contribution in [0.2, 0.25) is 10.0 Å². The molecule has 0 spiro atoms. The van der Waals surface area contributed by atoms with Crippen LogP contribution in [-0.2, 0) is 6.42 Å². The molecule has 1 aliphatic rings. The van der Waals surface area contributed by atoms with E-state index in [9.17, 15) is 4.79 Å². The van der Waals surface area contributed by atoms with Gasteiger partial charge >= 0.3 is 0 Å². The minimum atomic E-state index is -0.0681. The summed E-state index contributed by atoms with van der Waals surface area (Å²) in [6, 6.07) is 11.2. The van der Waals surface area contributed by atoms with E-state index >= 15 is 0 Å². The largest absolute Gasteiger partial charge is 0.308 e. The highest BCUT2D eigenvalue weighted by Gasteiger charge is 2.25. The molecule has 1 amide bonds. The first-order chi connectivity index (χ1) is 10.1. The predicted octanol–water partition coefficient (Wildman–Crippen LogP) is 4.89. The summed E-state index contributed by atoms with van der Waals surface area (Å²) in [5.41, 5.74) is 3.92. The second-order valence-corrected chi connectivity index (χ2v) is 6.16. The number of benzene rings is 2. The lowest BCUT2D eigenvalue weighted by molar-refractivity contribution is 0.0985. The van der Waals surface area contributed by atoms with Crippen LogP contribution in [-0.4, -0.2) is 12.5 Å². The molecule has 0 bridgehead atoms. The van der Waals surface area contributed by atoms with E-state index in [-0.39, 0.29) is 5.91 Å². The lowest BCUT2D eigenvalue weighted by Gasteiger charge is -2.30. The molecule has 108 valence electrons. The summed E-state index contributed by atoms with van der Waals surface area (Å²) in [6.45, 7) is 2.78. The van der Waals surface area contributed by atoms with Crippen LogP contribution in [0.3, 0.4) is 0 Å². The third kappa shape index (κ3) is 2.78. The van der Waals surface area contributed by atoms with Gasteiger partial charge in [-0.15, -0.1) is 0 Å². The van der Waals surface area contributed by atoms with Crippen LogP contribution < -0.4 is 4.90 Å². The zero-order chi connectivity index (χ0) is 15.0. The molecule has 0 unspecified atom stereocenters. The van der Waals surface area contributed by atoms with Crippen LogP contribution >= 0.6 is 23.2 Å². The molecule has 0 aliphatic carbocycles. The number of rotatable bonds is 1. The molecule has 1 heterocycles. The van der Waals surface area contributed by atoms with Crippen molar-refractivity contribution >= 4 is 34.8 Å². The topological polar surface area (TPSA) is 20.3 Å². The molecule has 0 atom stereocenters. The Kier molecular flexibility index (Phi) is 3.92. The number of hydrogen-bond acceptors (Lipinski definition) is 1. The SMILES string of the molecule is Cc1ccc2c(c1)CCCN2C(=O)c1ccc(Cl)cc1Cl. The van der Waals surface area contributed by atoms with Gasteiger partial charge < -0.3 is 4.90 Å². The molecule has 0 saturated heterocycles. The van der Waals surface area contributed by atoms with Crippen LogP contribution in [0.5, 0.6) is 0 Å². The minimum Gasteiger partial charge on any atom is -0.308 e. The highest BCUT2D eigenvalue weighted by Crippen LogP contribution is 2.31. The third-order valence-corrected chi connectivity index (χ3v) is 4.31. The van der Waals surface area contributed by atoms with Gasteiger partial charge in [-0.25, -0.2) is 0 Å². The van der Waals surface area contributed by atoms with Crippen LogP contribution in [0.15, 0.2) is 36.4 Å². The summed E-state index contributed by atoms with van der Waals surface area (Å²) in [7, 11) is 0. The van der Waals surface area contributed by atoms with Gasteiger partial charge in [0.05, 0.1) is 10.6 Å². The Hall–Kier alpha value is -1.51. The van der Waals surface area contributed by atoms with Crippen molar-refractivity contribution in [2.45, 2.75) is 19.8 Å². The number of nitrogens with zero attached hydrogens (tertiary/aromatic N) is 1. The van der Waals surface area contributed by atoms with E-state index in [4.69, 9.17) is 23.2 Å². The molecule has 1 aliphatic heterocycles. The first kappa shape index (κ1) is 14.4. The maximum Gasteiger partial charge on any atom is 0.259 e. The number of carbonyl (C=O) groups is 1. The van der Waals surface area contributed by atoms with Crippen molar-refractivity contribution in [3.05, 3.63) is 63.1 Å². The van der Waals surface area contributed by atoms with Crippen molar-refractivity contribution in [3.8, 4) is 0 Å². The van der Waals surface area contributed by atoms with E-state index in [1.807, 2.05) is 17.0 Å². The number of amides is 1. The number of fused-ring (bicyclic) bond motifs is 1. The molecule has 0 radical (unpaired) electrons. The molecular weight excluding hydrogens is 305 g/mol. The highest BCUT2D eigenvalue weighted by molar-refractivity contribution is 6.37. The first-order valence-corrected chi connectivity index (χ1v) is 7.68. The van der Waals surface area contributed by atoms with E-state index in [0.29, 0.717) is 22.2 Å². The second kappa shape index (κ2) is 5.70. The van der Waals surface area contributed by atoms with Gasteiger partial charge in [0.1, 0.15) is 0 Å². The van der Waals surface area contributed by atoms with Crippen molar-refractivity contribution in [1.29, 1.82) is 0 Å². The number of hydrogen-bond donors (Lipinski definition) is 0. The molecule has 0 N–H and O–H groups in total. The molecule has 2 aromatic carbocycles. The fraction of sp³-hybridized carbons (Fsp3) is 0.235. The van der Waals surface area contributed by atoms with Gasteiger partial charge in [-0.05, 0) is 49.6 Å². The Labute approximate surface area is 134 Å². The Bertz CT molecular complexity index is 712. The number of anilines is 1. The normalized spacial score (nSPS) is 14.0. The summed E-state index contributed by atoms with van der Waals surface area (Å²) in [6.07, 6.45) is 1.97. The van der Waals surface area contributed by atoms with Gasteiger partial charge in [0.15, 0.2) is 0 Å². The number of halogens is 2. The van der Waals surface area contributed by atoms with Crippen molar-refractivity contribution in [3.63, 3.8) is 0 Å². The van der Waals surface area contributed by atoms with Gasteiger partial charge in [-0.1, -0.05) is 40.9 Å². The highest BCUT2D eigenvalue weighted by atomic mass is 35.5. The van der Waals surface area contributed by atoms with Gasteiger partial charge in [0.2, 0.25) is 0 Å². The van der Waals surface area contributed by atoms with Crippen molar-refractivity contribution in [1.82, 2.24) is 0 Å². The summed E-state index contributed by atoms with van der Waals surface area (Å²) in [5.74, 6) is -0.0681. The van der Waals surface area contributed by atoms with E-state index < -0.39 is 0 Å². The lowest BCUT2D eigenvalue weighted by atomic mass is 9.99. The molecule has 4 heteroatoms. The quantitative estimate of drug-likeness (QED) is 0.732. The van der Waals surface area contributed by atoms with E-state index in [2.05, 4.69) is 13.0 Å². The fourth-order valence-electron chi connectivity index (χ4n) is 2.75. The molecule has 21 heavy (non-hydrogen) atoms. The minimum absolute atomic E-state index is 0.0681. The molecule has 0 fully saturated rings. The predicted molar refractivity (Wildman–Crippen MR) is 87.6 cm³/mol. The molecular formula is C17H15Cl2NO. The van der Waals surface area contributed by atoms with Gasteiger partial charge in [-0.3, -0.25) is 4.79 Å². The zero-order valence-electron chi connectivity index (χ0n) is 11.7. The first-order valence-electron chi connectivity index (χ1n) is 6.93. The maximum atomic E-state index is 12.8. The van der Waals surface area contributed by atoms with Crippen molar-refractivity contribution < 1.29 is 4.79 Å². The summed E-state index contributed by atoms with van der Waals surface area (Å²) < 4.78 is 0. The van der Waals surface area contributed by atoms with Crippen LogP contribution in [0.1, 0.15) is 27.9 Å². The monoisotopic (exact) mass is 319 g/mol.